The van der Waals surface area contributed by atoms with Gasteiger partial charge in [-0.05, 0) is 36.6 Å². The van der Waals surface area contributed by atoms with Crippen LogP contribution in [0.1, 0.15) is 34.1 Å². The summed E-state index contributed by atoms with van der Waals surface area (Å²) < 4.78 is 5.50. The van der Waals surface area contributed by atoms with Gasteiger partial charge in [0.1, 0.15) is 5.75 Å². The number of rotatable bonds is 6. The maximum absolute atomic E-state index is 12.9. The Labute approximate surface area is 168 Å². The van der Waals surface area contributed by atoms with Crippen molar-refractivity contribution in [2.24, 2.45) is 0 Å². The van der Waals surface area contributed by atoms with Crippen molar-refractivity contribution in [3.05, 3.63) is 71.8 Å². The third kappa shape index (κ3) is 3.45. The Morgan fingerprint density at radius 1 is 0.931 bits per heavy atom. The summed E-state index contributed by atoms with van der Waals surface area (Å²) in [5, 5.41) is 4.32. The Bertz CT molecular complexity index is 1070. The van der Waals surface area contributed by atoms with Crippen molar-refractivity contribution in [1.82, 2.24) is 4.90 Å². The van der Waals surface area contributed by atoms with Crippen LogP contribution in [0.15, 0.2) is 60.7 Å². The van der Waals surface area contributed by atoms with E-state index in [2.05, 4.69) is 5.32 Å². The molecule has 0 radical (unpaired) electrons. The summed E-state index contributed by atoms with van der Waals surface area (Å²) >= 11 is 0. The summed E-state index contributed by atoms with van der Waals surface area (Å²) in [5.74, 6) is -0.465. The molecule has 1 heterocycles. The average Bonchev–Trinajstić information content (AvgIpc) is 2.73. The van der Waals surface area contributed by atoms with Crippen LogP contribution in [0.2, 0.25) is 0 Å². The highest BCUT2D eigenvalue weighted by Crippen LogP contribution is 2.30. The molecule has 3 aromatic rings. The van der Waals surface area contributed by atoms with Crippen molar-refractivity contribution in [2.75, 3.05) is 18.5 Å². The number of ether oxygens (including phenoxy) is 1. The van der Waals surface area contributed by atoms with E-state index in [4.69, 9.17) is 4.74 Å². The number of para-hydroxylation sites is 2. The molecule has 1 aliphatic rings. The van der Waals surface area contributed by atoms with Gasteiger partial charge >= 0.3 is 0 Å². The molecule has 0 aliphatic carbocycles. The van der Waals surface area contributed by atoms with E-state index < -0.39 is 0 Å². The fourth-order valence-electron chi connectivity index (χ4n) is 3.56. The summed E-state index contributed by atoms with van der Waals surface area (Å²) in [5.41, 5.74) is 1.53. The van der Waals surface area contributed by atoms with E-state index >= 15 is 0 Å². The van der Waals surface area contributed by atoms with Gasteiger partial charge in [-0.2, -0.15) is 0 Å². The Kier molecular flexibility index (Phi) is 4.99. The molecule has 0 spiro atoms. The van der Waals surface area contributed by atoms with E-state index in [9.17, 15) is 14.4 Å². The Balaban J connectivity index is 1.50. The van der Waals surface area contributed by atoms with Gasteiger partial charge in [0, 0.05) is 29.5 Å². The fourth-order valence-corrected chi connectivity index (χ4v) is 3.56. The predicted molar refractivity (Wildman–Crippen MR) is 110 cm³/mol. The molecule has 29 heavy (non-hydrogen) atoms. The molecule has 6 nitrogen and oxygen atoms in total. The number of carbonyl (C=O) groups is 3. The van der Waals surface area contributed by atoms with Crippen molar-refractivity contribution in [3.8, 4) is 5.75 Å². The van der Waals surface area contributed by atoms with Crippen LogP contribution < -0.4 is 10.1 Å². The summed E-state index contributed by atoms with van der Waals surface area (Å²) in [7, 11) is 0. The topological polar surface area (TPSA) is 75.7 Å². The van der Waals surface area contributed by atoms with Crippen LogP contribution in [0.25, 0.3) is 10.8 Å². The van der Waals surface area contributed by atoms with E-state index in [0.717, 1.165) is 10.3 Å². The maximum Gasteiger partial charge on any atom is 0.261 e. The summed E-state index contributed by atoms with van der Waals surface area (Å²) in [6.07, 6.45) is -0.00389. The van der Waals surface area contributed by atoms with Gasteiger partial charge in [0.25, 0.3) is 11.8 Å². The van der Waals surface area contributed by atoms with Gasteiger partial charge in [-0.15, -0.1) is 0 Å². The van der Waals surface area contributed by atoms with E-state index in [-0.39, 0.29) is 30.7 Å². The van der Waals surface area contributed by atoms with Crippen LogP contribution in [0.4, 0.5) is 5.69 Å². The molecule has 0 aromatic heterocycles. The molecule has 1 N–H and O–H groups in total. The highest BCUT2D eigenvalue weighted by molar-refractivity contribution is 6.25. The summed E-state index contributed by atoms with van der Waals surface area (Å²) in [4.78, 5) is 39.3. The van der Waals surface area contributed by atoms with Gasteiger partial charge < -0.3 is 10.1 Å². The second kappa shape index (κ2) is 7.75. The van der Waals surface area contributed by atoms with Crippen molar-refractivity contribution in [2.45, 2.75) is 13.3 Å². The SMILES string of the molecule is CCOc1ccccc1NC(=O)CCN1C(=O)c2cccc3cccc(c23)C1=O. The van der Waals surface area contributed by atoms with Crippen molar-refractivity contribution in [3.63, 3.8) is 0 Å². The van der Waals surface area contributed by atoms with Gasteiger partial charge in [-0.25, -0.2) is 0 Å². The lowest BCUT2D eigenvalue weighted by molar-refractivity contribution is -0.116. The first-order chi connectivity index (χ1) is 14.1. The van der Waals surface area contributed by atoms with Crippen LogP contribution >= 0.6 is 0 Å². The number of imide groups is 1. The zero-order chi connectivity index (χ0) is 20.4. The van der Waals surface area contributed by atoms with Crippen LogP contribution in [-0.2, 0) is 4.79 Å². The highest BCUT2D eigenvalue weighted by atomic mass is 16.5. The number of hydrogen-bond acceptors (Lipinski definition) is 4. The second-order valence-corrected chi connectivity index (χ2v) is 6.70. The quantitative estimate of drug-likeness (QED) is 0.651. The van der Waals surface area contributed by atoms with Gasteiger partial charge in [-0.3, -0.25) is 19.3 Å². The van der Waals surface area contributed by atoms with E-state index in [1.165, 1.54) is 0 Å². The minimum absolute atomic E-state index is 0.00389. The molecule has 0 unspecified atom stereocenters. The number of benzene rings is 3. The van der Waals surface area contributed by atoms with Gasteiger partial charge in [0.15, 0.2) is 0 Å². The molecular formula is C23H20N2O4. The highest BCUT2D eigenvalue weighted by Gasteiger charge is 2.32. The van der Waals surface area contributed by atoms with E-state index in [0.29, 0.717) is 34.6 Å². The molecule has 6 heteroatoms. The Morgan fingerprint density at radius 3 is 2.24 bits per heavy atom. The standard InChI is InChI=1S/C23H20N2O4/c1-2-29-19-12-4-3-11-18(19)24-20(26)13-14-25-22(27)16-9-5-7-15-8-6-10-17(21(15)16)23(25)28/h3-12H,2,13-14H2,1H3,(H,24,26). The monoisotopic (exact) mass is 388 g/mol. The number of amides is 3. The lowest BCUT2D eigenvalue weighted by Crippen LogP contribution is -2.41. The first kappa shape index (κ1) is 18.7. The van der Waals surface area contributed by atoms with Crippen molar-refractivity contribution < 1.29 is 19.1 Å². The first-order valence-corrected chi connectivity index (χ1v) is 9.49. The molecular weight excluding hydrogens is 368 g/mol. The minimum Gasteiger partial charge on any atom is -0.492 e. The van der Waals surface area contributed by atoms with Crippen LogP contribution in [0, 0.1) is 0 Å². The number of nitrogens with one attached hydrogen (secondary N) is 1. The second-order valence-electron chi connectivity index (χ2n) is 6.70. The third-order valence-corrected chi connectivity index (χ3v) is 4.88. The number of nitrogens with zero attached hydrogens (tertiary/aromatic N) is 1. The molecule has 0 bridgehead atoms. The molecule has 0 saturated carbocycles. The normalized spacial score (nSPS) is 12.9. The van der Waals surface area contributed by atoms with Crippen LogP contribution in [0.3, 0.4) is 0 Å². The Morgan fingerprint density at radius 2 is 1.59 bits per heavy atom. The Hall–Kier alpha value is -3.67. The van der Waals surface area contributed by atoms with E-state index in [1.54, 1.807) is 42.5 Å². The zero-order valence-corrected chi connectivity index (χ0v) is 16.0. The predicted octanol–water partition coefficient (Wildman–Crippen LogP) is 3.86. The summed E-state index contributed by atoms with van der Waals surface area (Å²) in [6, 6.07) is 17.9. The third-order valence-electron chi connectivity index (χ3n) is 4.88. The van der Waals surface area contributed by atoms with E-state index in [1.807, 2.05) is 25.1 Å². The smallest absolute Gasteiger partial charge is 0.261 e. The van der Waals surface area contributed by atoms with Crippen LogP contribution in [0.5, 0.6) is 5.75 Å². The first-order valence-electron chi connectivity index (χ1n) is 9.49. The van der Waals surface area contributed by atoms with Gasteiger partial charge in [0.2, 0.25) is 5.91 Å². The van der Waals surface area contributed by atoms with Crippen LogP contribution in [-0.4, -0.2) is 35.8 Å². The van der Waals surface area contributed by atoms with Crippen molar-refractivity contribution in [1.29, 1.82) is 0 Å². The largest absolute Gasteiger partial charge is 0.492 e. The molecule has 1 aliphatic heterocycles. The minimum atomic E-state index is -0.373. The number of anilines is 1. The molecule has 3 aromatic carbocycles. The fraction of sp³-hybridized carbons (Fsp3) is 0.174. The molecule has 0 saturated heterocycles. The molecule has 0 fully saturated rings. The average molecular weight is 388 g/mol. The maximum atomic E-state index is 12.9. The van der Waals surface area contributed by atoms with Gasteiger partial charge in [-0.1, -0.05) is 36.4 Å². The zero-order valence-electron chi connectivity index (χ0n) is 16.0. The number of hydrogen-bond donors (Lipinski definition) is 1. The lowest BCUT2D eigenvalue weighted by atomic mass is 9.94. The number of carbonyl (C=O) groups excluding carboxylic acids is 3. The summed E-state index contributed by atoms with van der Waals surface area (Å²) in [6.45, 7) is 2.35. The molecule has 3 amide bonds. The molecule has 4 rings (SSSR count). The molecule has 146 valence electrons. The van der Waals surface area contributed by atoms with Gasteiger partial charge in [0.05, 0.1) is 12.3 Å². The lowest BCUT2D eigenvalue weighted by Gasteiger charge is -2.27. The van der Waals surface area contributed by atoms with Crippen molar-refractivity contribution >= 4 is 34.2 Å². The molecule has 0 atom stereocenters.